The third-order valence-electron chi connectivity index (χ3n) is 4.41. The number of nitro benzene ring substituents is 1. The molecule has 0 fully saturated rings. The molecule has 0 radical (unpaired) electrons. The zero-order valence-electron chi connectivity index (χ0n) is 16.0. The maximum Gasteiger partial charge on any atom is 0.269 e. The lowest BCUT2D eigenvalue weighted by Gasteiger charge is -2.08. The highest BCUT2D eigenvalue weighted by atomic mass is 16.6. The summed E-state index contributed by atoms with van der Waals surface area (Å²) in [6, 6.07) is 17.0. The first-order valence-electron chi connectivity index (χ1n) is 9.09. The molecule has 9 nitrogen and oxygen atoms in total. The molecule has 0 aliphatic rings. The average Bonchev–Trinajstić information content (AvgIpc) is 3.09. The number of ether oxygens (including phenoxy) is 1. The molecule has 0 saturated carbocycles. The van der Waals surface area contributed by atoms with Gasteiger partial charge in [-0.15, -0.1) is 0 Å². The SMILES string of the molecule is Cc1nn(-c2ccccc2)c2ncc(NC(=O)COc3ccc([N+](=O)[O-])cc3)cc12. The lowest BCUT2D eigenvalue weighted by Crippen LogP contribution is -2.20. The van der Waals surface area contributed by atoms with E-state index in [9.17, 15) is 14.9 Å². The summed E-state index contributed by atoms with van der Waals surface area (Å²) in [5.74, 6) is -0.00749. The topological polar surface area (TPSA) is 112 Å². The third kappa shape index (κ3) is 3.95. The largest absolute Gasteiger partial charge is 0.484 e. The Morgan fingerprint density at radius 2 is 1.90 bits per heavy atom. The number of nitro groups is 1. The van der Waals surface area contributed by atoms with Gasteiger partial charge in [-0.05, 0) is 37.3 Å². The Balaban J connectivity index is 1.45. The van der Waals surface area contributed by atoms with Crippen molar-refractivity contribution in [3.63, 3.8) is 0 Å². The van der Waals surface area contributed by atoms with Crippen molar-refractivity contribution in [2.45, 2.75) is 6.92 Å². The Labute approximate surface area is 171 Å². The second kappa shape index (κ2) is 8.00. The highest BCUT2D eigenvalue weighted by Gasteiger charge is 2.12. The second-order valence-corrected chi connectivity index (χ2v) is 6.52. The van der Waals surface area contributed by atoms with Gasteiger partial charge in [-0.2, -0.15) is 5.10 Å². The van der Waals surface area contributed by atoms with Crippen molar-refractivity contribution in [3.8, 4) is 11.4 Å². The summed E-state index contributed by atoms with van der Waals surface area (Å²) in [4.78, 5) is 26.8. The molecule has 0 aliphatic carbocycles. The Hall–Kier alpha value is -4.27. The van der Waals surface area contributed by atoms with E-state index in [1.165, 1.54) is 24.3 Å². The van der Waals surface area contributed by atoms with Crippen LogP contribution in [0.15, 0.2) is 66.9 Å². The molecule has 9 heteroatoms. The van der Waals surface area contributed by atoms with Crippen LogP contribution in [-0.4, -0.2) is 32.2 Å². The summed E-state index contributed by atoms with van der Waals surface area (Å²) in [6.07, 6.45) is 1.56. The molecule has 30 heavy (non-hydrogen) atoms. The molecule has 1 amide bonds. The van der Waals surface area contributed by atoms with Crippen molar-refractivity contribution in [1.29, 1.82) is 0 Å². The first-order valence-corrected chi connectivity index (χ1v) is 9.09. The zero-order chi connectivity index (χ0) is 21.1. The van der Waals surface area contributed by atoms with Crippen molar-refractivity contribution in [3.05, 3.63) is 82.7 Å². The zero-order valence-corrected chi connectivity index (χ0v) is 16.0. The van der Waals surface area contributed by atoms with Crippen molar-refractivity contribution >= 4 is 28.3 Å². The summed E-state index contributed by atoms with van der Waals surface area (Å²) >= 11 is 0. The number of hydrogen-bond donors (Lipinski definition) is 1. The van der Waals surface area contributed by atoms with E-state index in [1.54, 1.807) is 10.9 Å². The number of aryl methyl sites for hydroxylation is 1. The van der Waals surface area contributed by atoms with E-state index in [2.05, 4.69) is 15.4 Å². The number of hydrogen-bond acceptors (Lipinski definition) is 6. The molecule has 4 rings (SSSR count). The number of aromatic nitrogens is 3. The van der Waals surface area contributed by atoms with Crippen LogP contribution in [0.2, 0.25) is 0 Å². The number of para-hydroxylation sites is 1. The van der Waals surface area contributed by atoms with Gasteiger partial charge in [-0.1, -0.05) is 18.2 Å². The summed E-state index contributed by atoms with van der Waals surface area (Å²) < 4.78 is 7.13. The van der Waals surface area contributed by atoms with Crippen LogP contribution in [0, 0.1) is 17.0 Å². The van der Waals surface area contributed by atoms with E-state index in [4.69, 9.17) is 4.74 Å². The molecule has 2 heterocycles. The summed E-state index contributed by atoms with van der Waals surface area (Å²) in [5, 5.41) is 18.8. The number of pyridine rings is 1. The summed E-state index contributed by atoms with van der Waals surface area (Å²) in [6.45, 7) is 1.64. The van der Waals surface area contributed by atoms with Gasteiger partial charge in [0.1, 0.15) is 5.75 Å². The smallest absolute Gasteiger partial charge is 0.269 e. The minimum Gasteiger partial charge on any atom is -0.484 e. The predicted molar refractivity (Wildman–Crippen MR) is 111 cm³/mol. The lowest BCUT2D eigenvalue weighted by atomic mass is 10.2. The molecule has 4 aromatic rings. The van der Waals surface area contributed by atoms with Crippen LogP contribution in [-0.2, 0) is 4.79 Å². The minimum atomic E-state index is -0.498. The highest BCUT2D eigenvalue weighted by molar-refractivity contribution is 5.94. The number of non-ortho nitro benzene ring substituents is 1. The Morgan fingerprint density at radius 3 is 2.60 bits per heavy atom. The molecular formula is C21H17N5O4. The minimum absolute atomic E-state index is 0.0439. The molecule has 0 saturated heterocycles. The predicted octanol–water partition coefficient (Wildman–Crippen LogP) is 3.65. The van der Waals surface area contributed by atoms with Gasteiger partial charge in [0.25, 0.3) is 11.6 Å². The number of anilines is 1. The fourth-order valence-corrected chi connectivity index (χ4v) is 2.97. The van der Waals surface area contributed by atoms with Crippen LogP contribution >= 0.6 is 0 Å². The average molecular weight is 403 g/mol. The number of carbonyl (C=O) groups is 1. The molecule has 0 spiro atoms. The van der Waals surface area contributed by atoms with Crippen LogP contribution in [0.3, 0.4) is 0 Å². The van der Waals surface area contributed by atoms with Crippen LogP contribution in [0.5, 0.6) is 5.75 Å². The molecule has 0 aliphatic heterocycles. The molecule has 1 N–H and O–H groups in total. The van der Waals surface area contributed by atoms with Crippen LogP contribution in [0.4, 0.5) is 11.4 Å². The quantitative estimate of drug-likeness (QED) is 0.388. The first kappa shape index (κ1) is 19.1. The highest BCUT2D eigenvalue weighted by Crippen LogP contribution is 2.23. The molecule has 150 valence electrons. The first-order chi connectivity index (χ1) is 14.5. The van der Waals surface area contributed by atoms with Crippen LogP contribution in [0.25, 0.3) is 16.7 Å². The van der Waals surface area contributed by atoms with E-state index in [-0.39, 0.29) is 18.2 Å². The molecule has 0 atom stereocenters. The van der Waals surface area contributed by atoms with Crippen molar-refractivity contribution in [1.82, 2.24) is 14.8 Å². The van der Waals surface area contributed by atoms with E-state index in [0.29, 0.717) is 17.1 Å². The number of fused-ring (bicyclic) bond motifs is 1. The standard InChI is InChI=1S/C21H17N5O4/c1-14-19-11-15(12-22-21(19)25(24-14)16-5-3-2-4-6-16)23-20(27)13-30-18-9-7-17(8-10-18)26(28)29/h2-12H,13H2,1H3,(H,23,27). The number of amides is 1. The Bertz CT molecular complexity index is 1220. The van der Waals surface area contributed by atoms with Gasteiger partial charge in [-0.3, -0.25) is 14.9 Å². The third-order valence-corrected chi connectivity index (χ3v) is 4.41. The van der Waals surface area contributed by atoms with Crippen molar-refractivity contribution in [2.75, 3.05) is 11.9 Å². The molecule has 0 unspecified atom stereocenters. The fourth-order valence-electron chi connectivity index (χ4n) is 2.97. The van der Waals surface area contributed by atoms with Gasteiger partial charge in [-0.25, -0.2) is 9.67 Å². The number of carbonyl (C=O) groups excluding carboxylic acids is 1. The number of benzene rings is 2. The van der Waals surface area contributed by atoms with Crippen molar-refractivity contribution in [2.24, 2.45) is 0 Å². The maximum absolute atomic E-state index is 12.2. The monoisotopic (exact) mass is 403 g/mol. The molecule has 2 aromatic heterocycles. The van der Waals surface area contributed by atoms with Crippen molar-refractivity contribution < 1.29 is 14.5 Å². The second-order valence-electron chi connectivity index (χ2n) is 6.52. The van der Waals surface area contributed by atoms with E-state index in [1.807, 2.05) is 43.3 Å². The molecule has 2 aromatic carbocycles. The Kier molecular flexibility index (Phi) is 5.08. The van der Waals surface area contributed by atoms with Gasteiger partial charge in [0, 0.05) is 17.5 Å². The fraction of sp³-hybridized carbons (Fsp3) is 0.0952. The molecule has 0 bridgehead atoms. The normalized spacial score (nSPS) is 10.7. The van der Waals surface area contributed by atoms with Crippen LogP contribution < -0.4 is 10.1 Å². The number of nitrogens with zero attached hydrogens (tertiary/aromatic N) is 4. The lowest BCUT2D eigenvalue weighted by molar-refractivity contribution is -0.384. The summed E-state index contributed by atoms with van der Waals surface area (Å²) in [5.41, 5.74) is 2.86. The van der Waals surface area contributed by atoms with Crippen LogP contribution in [0.1, 0.15) is 5.69 Å². The van der Waals surface area contributed by atoms with E-state index < -0.39 is 4.92 Å². The van der Waals surface area contributed by atoms with E-state index in [0.717, 1.165) is 16.8 Å². The Morgan fingerprint density at radius 1 is 1.17 bits per heavy atom. The van der Waals surface area contributed by atoms with Gasteiger partial charge in [0.15, 0.2) is 12.3 Å². The van der Waals surface area contributed by atoms with Gasteiger partial charge >= 0.3 is 0 Å². The number of nitrogens with one attached hydrogen (secondary N) is 1. The van der Waals surface area contributed by atoms with Gasteiger partial charge in [0.2, 0.25) is 0 Å². The summed E-state index contributed by atoms with van der Waals surface area (Å²) in [7, 11) is 0. The molecular weight excluding hydrogens is 386 g/mol. The maximum atomic E-state index is 12.2. The van der Waals surface area contributed by atoms with E-state index >= 15 is 0 Å². The van der Waals surface area contributed by atoms with Gasteiger partial charge < -0.3 is 10.1 Å². The number of rotatable bonds is 6. The van der Waals surface area contributed by atoms with Gasteiger partial charge in [0.05, 0.1) is 28.2 Å².